The lowest BCUT2D eigenvalue weighted by Crippen LogP contribution is -2.32. The number of sulfonamides is 1. The molecule has 0 bridgehead atoms. The maximum Gasteiger partial charge on any atom is 0.338 e. The molecule has 2 aromatic carbocycles. The van der Waals surface area contributed by atoms with E-state index in [9.17, 15) is 28.1 Å². The number of hydrogen-bond donors (Lipinski definition) is 1. The highest BCUT2D eigenvalue weighted by molar-refractivity contribution is 7.89. The molecule has 0 saturated carbocycles. The second-order valence-electron chi connectivity index (χ2n) is 7.39. The number of anilines is 1. The summed E-state index contributed by atoms with van der Waals surface area (Å²) >= 11 is 6.12. The molecule has 1 amide bonds. The summed E-state index contributed by atoms with van der Waals surface area (Å²) in [7, 11) is -3.74. The van der Waals surface area contributed by atoms with Crippen molar-refractivity contribution in [1.82, 2.24) is 4.31 Å². The highest BCUT2D eigenvalue weighted by atomic mass is 35.5. The van der Waals surface area contributed by atoms with Gasteiger partial charge >= 0.3 is 5.97 Å². The van der Waals surface area contributed by atoms with Crippen molar-refractivity contribution >= 4 is 44.9 Å². The van der Waals surface area contributed by atoms with Crippen LogP contribution >= 0.6 is 11.6 Å². The van der Waals surface area contributed by atoms with E-state index in [1.165, 1.54) is 34.6 Å². The Labute approximate surface area is 195 Å². The number of nitro benzene ring substituents is 1. The smallest absolute Gasteiger partial charge is 0.338 e. The number of amides is 1. The molecule has 1 saturated heterocycles. The molecule has 0 aliphatic carbocycles. The molecule has 1 fully saturated rings. The van der Waals surface area contributed by atoms with Crippen LogP contribution in [0.25, 0.3) is 0 Å². The Morgan fingerprint density at radius 1 is 1.06 bits per heavy atom. The van der Waals surface area contributed by atoms with E-state index < -0.39 is 33.4 Å². The van der Waals surface area contributed by atoms with Gasteiger partial charge in [0.15, 0.2) is 6.61 Å². The molecule has 33 heavy (non-hydrogen) atoms. The lowest BCUT2D eigenvalue weighted by Gasteiger charge is -2.20. The molecule has 176 valence electrons. The number of carbonyl (C=O) groups is 2. The molecule has 0 spiro atoms. The normalized spacial score (nSPS) is 14.8. The summed E-state index contributed by atoms with van der Waals surface area (Å²) < 4.78 is 32.3. The number of benzene rings is 2. The van der Waals surface area contributed by atoms with Crippen LogP contribution in [0.15, 0.2) is 47.4 Å². The summed E-state index contributed by atoms with van der Waals surface area (Å²) in [6.07, 6.45) is 3.53. The maximum absolute atomic E-state index is 13.0. The number of carbonyl (C=O) groups excluding carboxylic acids is 2. The van der Waals surface area contributed by atoms with Crippen LogP contribution in [-0.2, 0) is 19.6 Å². The van der Waals surface area contributed by atoms with Crippen molar-refractivity contribution in [2.75, 3.05) is 25.0 Å². The van der Waals surface area contributed by atoms with E-state index in [1.807, 2.05) is 0 Å². The Balaban J connectivity index is 1.64. The Morgan fingerprint density at radius 2 is 1.70 bits per heavy atom. The van der Waals surface area contributed by atoms with Gasteiger partial charge in [-0.1, -0.05) is 24.4 Å². The first kappa shape index (κ1) is 24.6. The van der Waals surface area contributed by atoms with Crippen LogP contribution in [0.1, 0.15) is 36.0 Å². The minimum absolute atomic E-state index is 0.00646. The number of halogens is 1. The lowest BCUT2D eigenvalue weighted by atomic mass is 10.2. The molecule has 10 nitrogen and oxygen atoms in total. The molecule has 0 unspecified atom stereocenters. The number of non-ortho nitro benzene ring substituents is 1. The van der Waals surface area contributed by atoms with Gasteiger partial charge in [-0.25, -0.2) is 13.2 Å². The molecule has 1 aliphatic rings. The van der Waals surface area contributed by atoms with Gasteiger partial charge in [-0.05, 0) is 43.2 Å². The van der Waals surface area contributed by atoms with E-state index in [2.05, 4.69) is 5.32 Å². The van der Waals surface area contributed by atoms with E-state index >= 15 is 0 Å². The van der Waals surface area contributed by atoms with Gasteiger partial charge in [0.05, 0.1) is 26.1 Å². The van der Waals surface area contributed by atoms with E-state index in [4.69, 9.17) is 16.3 Å². The van der Waals surface area contributed by atoms with Gasteiger partial charge < -0.3 is 10.1 Å². The van der Waals surface area contributed by atoms with Crippen LogP contribution in [0.3, 0.4) is 0 Å². The van der Waals surface area contributed by atoms with Crippen LogP contribution in [-0.4, -0.2) is 49.2 Å². The number of hydrogen-bond acceptors (Lipinski definition) is 7. The molecule has 2 aromatic rings. The average Bonchev–Trinajstić information content (AvgIpc) is 3.09. The zero-order valence-corrected chi connectivity index (χ0v) is 19.1. The Bertz CT molecular complexity index is 1140. The van der Waals surface area contributed by atoms with Crippen molar-refractivity contribution in [2.45, 2.75) is 30.6 Å². The third-order valence-electron chi connectivity index (χ3n) is 5.06. The number of esters is 1. The topological polar surface area (TPSA) is 136 Å². The number of nitrogens with zero attached hydrogens (tertiary/aromatic N) is 2. The molecule has 0 radical (unpaired) electrons. The molecule has 1 N–H and O–H groups in total. The van der Waals surface area contributed by atoms with Crippen molar-refractivity contribution < 1.29 is 27.7 Å². The van der Waals surface area contributed by atoms with Crippen LogP contribution in [0.4, 0.5) is 11.4 Å². The van der Waals surface area contributed by atoms with Crippen LogP contribution in [0.2, 0.25) is 5.02 Å². The molecule has 0 aromatic heterocycles. The highest BCUT2D eigenvalue weighted by Gasteiger charge is 2.26. The predicted octanol–water partition coefficient (Wildman–Crippen LogP) is 3.61. The molecule has 1 heterocycles. The minimum atomic E-state index is -3.74. The van der Waals surface area contributed by atoms with Gasteiger partial charge in [0, 0.05) is 25.2 Å². The van der Waals surface area contributed by atoms with Crippen LogP contribution in [0, 0.1) is 10.1 Å². The second-order valence-corrected chi connectivity index (χ2v) is 9.73. The summed E-state index contributed by atoms with van der Waals surface area (Å²) in [5.41, 5.74) is -0.0742. The molecular weight excluding hydrogens is 474 g/mol. The van der Waals surface area contributed by atoms with Crippen molar-refractivity contribution in [3.8, 4) is 0 Å². The quantitative estimate of drug-likeness (QED) is 0.352. The molecule has 0 atom stereocenters. The Kier molecular flexibility index (Phi) is 8.01. The predicted molar refractivity (Wildman–Crippen MR) is 121 cm³/mol. The van der Waals surface area contributed by atoms with Gasteiger partial charge in [-0.3, -0.25) is 14.9 Å². The third-order valence-corrected chi connectivity index (χ3v) is 7.29. The largest absolute Gasteiger partial charge is 0.452 e. The first-order valence-electron chi connectivity index (χ1n) is 10.2. The van der Waals surface area contributed by atoms with Crippen molar-refractivity contribution in [1.29, 1.82) is 0 Å². The summed E-state index contributed by atoms with van der Waals surface area (Å²) in [5.74, 6) is -1.57. The van der Waals surface area contributed by atoms with Gasteiger partial charge in [0.25, 0.3) is 11.6 Å². The molecular formula is C21H22ClN3O7S. The van der Waals surface area contributed by atoms with E-state index in [-0.39, 0.29) is 26.9 Å². The first-order valence-corrected chi connectivity index (χ1v) is 12.0. The minimum Gasteiger partial charge on any atom is -0.452 e. The summed E-state index contributed by atoms with van der Waals surface area (Å²) in [4.78, 5) is 34.4. The van der Waals surface area contributed by atoms with Crippen LogP contribution < -0.4 is 5.32 Å². The zero-order valence-electron chi connectivity index (χ0n) is 17.5. The van der Waals surface area contributed by atoms with Crippen LogP contribution in [0.5, 0.6) is 0 Å². The fraction of sp³-hybridized carbons (Fsp3) is 0.333. The van der Waals surface area contributed by atoms with Gasteiger partial charge in [-0.2, -0.15) is 4.31 Å². The number of ether oxygens (including phenoxy) is 1. The summed E-state index contributed by atoms with van der Waals surface area (Å²) in [6, 6.07) is 8.76. The van der Waals surface area contributed by atoms with Gasteiger partial charge in [-0.15, -0.1) is 0 Å². The zero-order chi connectivity index (χ0) is 24.0. The van der Waals surface area contributed by atoms with Crippen molar-refractivity contribution in [3.05, 3.63) is 63.2 Å². The number of rotatable bonds is 7. The van der Waals surface area contributed by atoms with E-state index in [0.717, 1.165) is 37.8 Å². The first-order chi connectivity index (χ1) is 15.7. The van der Waals surface area contributed by atoms with Crippen molar-refractivity contribution in [3.63, 3.8) is 0 Å². The molecule has 12 heteroatoms. The standard InChI is InChI=1S/C21H22ClN3O7S/c22-18-10-9-17(33(30,31)24-11-3-1-2-4-12-24)13-19(18)23-20(26)14-32-21(27)15-5-7-16(8-6-15)25(28)29/h5-10,13H,1-4,11-12,14H2,(H,23,26). The Morgan fingerprint density at radius 3 is 2.30 bits per heavy atom. The number of nitro groups is 1. The Hall–Kier alpha value is -3.02. The maximum atomic E-state index is 13.0. The van der Waals surface area contributed by atoms with Crippen molar-refractivity contribution in [2.24, 2.45) is 0 Å². The lowest BCUT2D eigenvalue weighted by molar-refractivity contribution is -0.384. The second kappa shape index (κ2) is 10.7. The monoisotopic (exact) mass is 495 g/mol. The highest BCUT2D eigenvalue weighted by Crippen LogP contribution is 2.28. The van der Waals surface area contributed by atoms with Gasteiger partial charge in [0.1, 0.15) is 0 Å². The SMILES string of the molecule is O=C(COC(=O)c1ccc([N+](=O)[O-])cc1)Nc1cc(S(=O)(=O)N2CCCCCC2)ccc1Cl. The van der Waals surface area contributed by atoms with Gasteiger partial charge in [0.2, 0.25) is 10.0 Å². The molecule has 1 aliphatic heterocycles. The molecule has 3 rings (SSSR count). The van der Waals surface area contributed by atoms with E-state index in [0.29, 0.717) is 13.1 Å². The summed E-state index contributed by atoms with van der Waals surface area (Å²) in [5, 5.41) is 13.2. The fourth-order valence-corrected chi connectivity index (χ4v) is 5.02. The average molecular weight is 496 g/mol. The third kappa shape index (κ3) is 6.28. The van der Waals surface area contributed by atoms with E-state index in [1.54, 1.807) is 0 Å². The summed E-state index contributed by atoms with van der Waals surface area (Å²) in [6.45, 7) is 0.214. The number of nitrogens with one attached hydrogen (secondary N) is 1. The fourth-order valence-electron chi connectivity index (χ4n) is 3.31.